The third-order valence-corrected chi connectivity index (χ3v) is 2.75. The number of nitrogens with one attached hydrogen (secondary N) is 1. The number of unbranched alkanes of at least 4 members (excludes halogenated alkanes) is 1. The van der Waals surface area contributed by atoms with Gasteiger partial charge in [-0.1, -0.05) is 6.07 Å². The van der Waals surface area contributed by atoms with E-state index in [1.807, 2.05) is 26.0 Å². The molecule has 0 atom stereocenters. The van der Waals surface area contributed by atoms with Crippen LogP contribution in [0.2, 0.25) is 0 Å². The summed E-state index contributed by atoms with van der Waals surface area (Å²) >= 11 is 0. The number of hydrogen-bond donors (Lipinski definition) is 2. The maximum atomic E-state index is 11.5. The number of nitrogens with two attached hydrogens (primary N) is 1. The molecule has 20 heavy (non-hydrogen) atoms. The van der Waals surface area contributed by atoms with Crippen molar-refractivity contribution < 1.29 is 9.53 Å². The Morgan fingerprint density at radius 2 is 1.85 bits per heavy atom. The van der Waals surface area contributed by atoms with Crippen LogP contribution in [-0.4, -0.2) is 25.6 Å². The molecule has 1 aromatic carbocycles. The van der Waals surface area contributed by atoms with Crippen LogP contribution in [0, 0.1) is 13.8 Å². The SMILES string of the molecule is Cc1cc(C)cc(OCCC(=O)NCCCCN)c1.Cl. The van der Waals surface area contributed by atoms with Gasteiger partial charge in [-0.05, 0) is 56.5 Å². The van der Waals surface area contributed by atoms with E-state index in [2.05, 4.69) is 11.4 Å². The number of carbonyl (C=O) groups excluding carboxylic acids is 1. The van der Waals surface area contributed by atoms with Gasteiger partial charge in [0.25, 0.3) is 0 Å². The largest absolute Gasteiger partial charge is 0.493 e. The van der Waals surface area contributed by atoms with Gasteiger partial charge in [0, 0.05) is 6.54 Å². The maximum Gasteiger partial charge on any atom is 0.223 e. The van der Waals surface area contributed by atoms with E-state index in [9.17, 15) is 4.79 Å². The van der Waals surface area contributed by atoms with Gasteiger partial charge in [0.15, 0.2) is 0 Å². The third-order valence-electron chi connectivity index (χ3n) is 2.75. The Morgan fingerprint density at radius 3 is 2.45 bits per heavy atom. The lowest BCUT2D eigenvalue weighted by Gasteiger charge is -2.08. The molecule has 0 saturated heterocycles. The van der Waals surface area contributed by atoms with Crippen LogP contribution < -0.4 is 15.8 Å². The molecule has 1 aromatic rings. The molecule has 114 valence electrons. The second-order valence-electron chi connectivity index (χ2n) is 4.77. The van der Waals surface area contributed by atoms with Crippen molar-refractivity contribution in [2.75, 3.05) is 19.7 Å². The molecule has 0 spiro atoms. The van der Waals surface area contributed by atoms with E-state index in [1.165, 1.54) is 11.1 Å². The molecule has 0 aliphatic rings. The van der Waals surface area contributed by atoms with Crippen LogP contribution in [0.4, 0.5) is 0 Å². The normalized spacial score (nSPS) is 9.75. The standard InChI is InChI=1S/C15H24N2O2.ClH/c1-12-9-13(2)11-14(10-12)19-8-5-15(18)17-7-4-3-6-16;/h9-11H,3-8,16H2,1-2H3,(H,17,18);1H. The molecule has 0 saturated carbocycles. The Kier molecular flexibility index (Phi) is 9.86. The van der Waals surface area contributed by atoms with Crippen molar-refractivity contribution in [1.29, 1.82) is 0 Å². The average molecular weight is 301 g/mol. The predicted molar refractivity (Wildman–Crippen MR) is 84.6 cm³/mol. The van der Waals surface area contributed by atoms with Crippen molar-refractivity contribution in [2.45, 2.75) is 33.1 Å². The van der Waals surface area contributed by atoms with Crippen molar-refractivity contribution in [1.82, 2.24) is 5.32 Å². The van der Waals surface area contributed by atoms with Crippen LogP contribution in [0.5, 0.6) is 5.75 Å². The molecule has 0 radical (unpaired) electrons. The number of amides is 1. The minimum absolute atomic E-state index is 0. The van der Waals surface area contributed by atoms with Crippen LogP contribution in [0.15, 0.2) is 18.2 Å². The van der Waals surface area contributed by atoms with E-state index in [-0.39, 0.29) is 18.3 Å². The van der Waals surface area contributed by atoms with Crippen molar-refractivity contribution in [3.8, 4) is 5.75 Å². The van der Waals surface area contributed by atoms with E-state index in [0.29, 0.717) is 26.1 Å². The number of carbonyl (C=O) groups is 1. The van der Waals surface area contributed by atoms with Crippen LogP contribution in [-0.2, 0) is 4.79 Å². The minimum Gasteiger partial charge on any atom is -0.493 e. The van der Waals surface area contributed by atoms with Crippen molar-refractivity contribution in [2.24, 2.45) is 5.73 Å². The first-order valence-corrected chi connectivity index (χ1v) is 6.79. The molecule has 5 heteroatoms. The fourth-order valence-corrected chi connectivity index (χ4v) is 1.86. The Balaban J connectivity index is 0.00000361. The number of halogens is 1. The molecular weight excluding hydrogens is 276 g/mol. The summed E-state index contributed by atoms with van der Waals surface area (Å²) in [5, 5.41) is 2.85. The summed E-state index contributed by atoms with van der Waals surface area (Å²) in [7, 11) is 0. The van der Waals surface area contributed by atoms with Gasteiger partial charge in [-0.2, -0.15) is 0 Å². The summed E-state index contributed by atoms with van der Waals surface area (Å²) in [6.07, 6.45) is 2.26. The van der Waals surface area contributed by atoms with E-state index in [1.54, 1.807) is 0 Å². The van der Waals surface area contributed by atoms with Crippen LogP contribution in [0.3, 0.4) is 0 Å². The number of aryl methyl sites for hydroxylation is 2. The first-order valence-electron chi connectivity index (χ1n) is 6.79. The highest BCUT2D eigenvalue weighted by molar-refractivity contribution is 5.85. The van der Waals surface area contributed by atoms with Gasteiger partial charge in [0.1, 0.15) is 5.75 Å². The summed E-state index contributed by atoms with van der Waals surface area (Å²) in [6.45, 7) is 5.84. The topological polar surface area (TPSA) is 64.3 Å². The summed E-state index contributed by atoms with van der Waals surface area (Å²) in [4.78, 5) is 11.5. The van der Waals surface area contributed by atoms with Crippen LogP contribution in [0.25, 0.3) is 0 Å². The molecule has 0 heterocycles. The monoisotopic (exact) mass is 300 g/mol. The smallest absolute Gasteiger partial charge is 0.223 e. The summed E-state index contributed by atoms with van der Waals surface area (Å²) in [5.74, 6) is 0.856. The van der Waals surface area contributed by atoms with E-state index in [0.717, 1.165) is 18.6 Å². The zero-order valence-electron chi connectivity index (χ0n) is 12.3. The molecule has 0 aliphatic carbocycles. The van der Waals surface area contributed by atoms with Gasteiger partial charge in [0.05, 0.1) is 13.0 Å². The van der Waals surface area contributed by atoms with Gasteiger partial charge in [-0.25, -0.2) is 0 Å². The molecule has 0 aliphatic heterocycles. The molecule has 4 nitrogen and oxygen atoms in total. The van der Waals surface area contributed by atoms with Crippen LogP contribution in [0.1, 0.15) is 30.4 Å². The lowest BCUT2D eigenvalue weighted by atomic mass is 10.1. The molecule has 0 unspecified atom stereocenters. The quantitative estimate of drug-likeness (QED) is 0.724. The number of hydrogen-bond acceptors (Lipinski definition) is 3. The first-order chi connectivity index (χ1) is 9.11. The van der Waals surface area contributed by atoms with E-state index < -0.39 is 0 Å². The predicted octanol–water partition coefficient (Wildman–Crippen LogP) is 2.35. The zero-order valence-corrected chi connectivity index (χ0v) is 13.1. The summed E-state index contributed by atoms with van der Waals surface area (Å²) < 4.78 is 5.58. The Labute approximate surface area is 127 Å². The van der Waals surface area contributed by atoms with Crippen molar-refractivity contribution >= 4 is 18.3 Å². The number of rotatable bonds is 8. The lowest BCUT2D eigenvalue weighted by Crippen LogP contribution is -2.26. The lowest BCUT2D eigenvalue weighted by molar-refractivity contribution is -0.121. The van der Waals surface area contributed by atoms with Gasteiger partial charge in [-0.15, -0.1) is 12.4 Å². The molecule has 3 N–H and O–H groups in total. The van der Waals surface area contributed by atoms with Crippen molar-refractivity contribution in [3.05, 3.63) is 29.3 Å². The van der Waals surface area contributed by atoms with Gasteiger partial charge >= 0.3 is 0 Å². The molecule has 1 amide bonds. The maximum absolute atomic E-state index is 11.5. The second kappa shape index (κ2) is 10.5. The molecule has 0 aromatic heterocycles. The van der Waals surface area contributed by atoms with Crippen LogP contribution >= 0.6 is 12.4 Å². The fourth-order valence-electron chi connectivity index (χ4n) is 1.86. The highest BCUT2D eigenvalue weighted by atomic mass is 35.5. The Morgan fingerprint density at radius 1 is 1.20 bits per heavy atom. The highest BCUT2D eigenvalue weighted by Gasteiger charge is 2.02. The zero-order chi connectivity index (χ0) is 14.1. The summed E-state index contributed by atoms with van der Waals surface area (Å²) in [5.41, 5.74) is 7.72. The molecule has 0 bridgehead atoms. The van der Waals surface area contributed by atoms with E-state index in [4.69, 9.17) is 10.5 Å². The van der Waals surface area contributed by atoms with Gasteiger partial charge < -0.3 is 15.8 Å². The first kappa shape index (κ1) is 18.7. The highest BCUT2D eigenvalue weighted by Crippen LogP contribution is 2.16. The molecule has 1 rings (SSSR count). The third kappa shape index (κ3) is 8.02. The number of ether oxygens (including phenoxy) is 1. The summed E-state index contributed by atoms with van der Waals surface area (Å²) in [6, 6.07) is 6.05. The molecular formula is C15H25ClN2O2. The van der Waals surface area contributed by atoms with Gasteiger partial charge in [0.2, 0.25) is 5.91 Å². The average Bonchev–Trinajstić information content (AvgIpc) is 2.33. The minimum atomic E-state index is 0. The second-order valence-corrected chi connectivity index (χ2v) is 4.77. The fraction of sp³-hybridized carbons (Fsp3) is 0.533. The van der Waals surface area contributed by atoms with Gasteiger partial charge in [-0.3, -0.25) is 4.79 Å². The van der Waals surface area contributed by atoms with E-state index >= 15 is 0 Å². The Hall–Kier alpha value is -1.26. The van der Waals surface area contributed by atoms with Crippen molar-refractivity contribution in [3.63, 3.8) is 0 Å². The Bertz CT molecular complexity index is 391. The molecule has 0 fully saturated rings. The number of benzene rings is 1.